The Balaban J connectivity index is 3.00. The Morgan fingerprint density at radius 3 is 2.50 bits per heavy atom. The van der Waals surface area contributed by atoms with Crippen molar-refractivity contribution in [1.29, 1.82) is 0 Å². The topological polar surface area (TPSA) is 56.6 Å². The summed E-state index contributed by atoms with van der Waals surface area (Å²) in [5.41, 5.74) is 1.89. The molecule has 0 aromatic carbocycles. The molecule has 0 spiro atoms. The maximum absolute atomic E-state index is 9.31. The normalized spacial score (nSPS) is 11.0. The number of aliphatic hydroxyl groups excluding tert-OH is 2. The van der Waals surface area contributed by atoms with Crippen LogP contribution in [0.3, 0.4) is 0 Å². The third-order valence-corrected chi connectivity index (χ3v) is 2.96. The summed E-state index contributed by atoms with van der Waals surface area (Å²) in [4.78, 5) is 6.76. The predicted molar refractivity (Wildman–Crippen MR) is 73.8 cm³/mol. The van der Waals surface area contributed by atoms with Gasteiger partial charge in [-0.25, -0.2) is 4.98 Å². The minimum atomic E-state index is 0.0345. The highest BCUT2D eigenvalue weighted by Crippen LogP contribution is 2.20. The van der Waals surface area contributed by atoms with Gasteiger partial charge >= 0.3 is 0 Å². The molecule has 0 amide bonds. The standard InChI is InChI=1S/C14H24N2O2/c1-4-16(6-5-7-17)14-9-12(10-18)8-13(15-14)11(2)3/h8-9,11,17-18H,4-7,10H2,1-3H3. The number of nitrogens with zero attached hydrogens (tertiary/aromatic N) is 2. The summed E-state index contributed by atoms with van der Waals surface area (Å²) in [6.07, 6.45) is 0.732. The molecule has 1 aromatic rings. The van der Waals surface area contributed by atoms with Crippen LogP contribution in [0.25, 0.3) is 0 Å². The Labute approximate surface area is 109 Å². The van der Waals surface area contributed by atoms with Crippen molar-refractivity contribution >= 4 is 5.82 Å². The molecule has 2 N–H and O–H groups in total. The highest BCUT2D eigenvalue weighted by atomic mass is 16.3. The average Bonchev–Trinajstić information content (AvgIpc) is 2.39. The van der Waals surface area contributed by atoms with E-state index >= 15 is 0 Å². The van der Waals surface area contributed by atoms with Crippen molar-refractivity contribution < 1.29 is 10.2 Å². The molecule has 0 radical (unpaired) electrons. The molecule has 0 bridgehead atoms. The maximum atomic E-state index is 9.31. The van der Waals surface area contributed by atoms with Crippen LogP contribution in [-0.4, -0.2) is 34.9 Å². The van der Waals surface area contributed by atoms with E-state index in [2.05, 4.69) is 30.7 Å². The molecule has 0 aliphatic heterocycles. The highest BCUT2D eigenvalue weighted by Gasteiger charge is 2.10. The molecule has 0 atom stereocenters. The van der Waals surface area contributed by atoms with Crippen LogP contribution < -0.4 is 4.90 Å². The van der Waals surface area contributed by atoms with Crippen LogP contribution in [0.1, 0.15) is 44.4 Å². The summed E-state index contributed by atoms with van der Waals surface area (Å²) in [5.74, 6) is 1.23. The molecule has 0 fully saturated rings. The van der Waals surface area contributed by atoms with Crippen LogP contribution in [0, 0.1) is 0 Å². The van der Waals surface area contributed by atoms with Crippen LogP contribution in [0.2, 0.25) is 0 Å². The monoisotopic (exact) mass is 252 g/mol. The van der Waals surface area contributed by atoms with Gasteiger partial charge in [0.05, 0.1) is 6.61 Å². The van der Waals surface area contributed by atoms with Gasteiger partial charge in [-0.2, -0.15) is 0 Å². The first-order chi connectivity index (χ1) is 8.62. The molecule has 1 heterocycles. The summed E-state index contributed by atoms with van der Waals surface area (Å²) in [6, 6.07) is 3.88. The maximum Gasteiger partial charge on any atom is 0.129 e. The molecule has 1 rings (SSSR count). The number of anilines is 1. The van der Waals surface area contributed by atoms with Gasteiger partial charge in [-0.1, -0.05) is 13.8 Å². The largest absolute Gasteiger partial charge is 0.396 e. The highest BCUT2D eigenvalue weighted by molar-refractivity contribution is 5.43. The van der Waals surface area contributed by atoms with Crippen molar-refractivity contribution in [2.24, 2.45) is 0 Å². The second-order valence-corrected chi connectivity index (χ2v) is 4.73. The lowest BCUT2D eigenvalue weighted by Crippen LogP contribution is -2.26. The van der Waals surface area contributed by atoms with E-state index in [1.807, 2.05) is 12.1 Å². The average molecular weight is 252 g/mol. The Bertz CT molecular complexity index is 367. The van der Waals surface area contributed by atoms with E-state index in [1.54, 1.807) is 0 Å². The zero-order valence-electron chi connectivity index (χ0n) is 11.6. The third kappa shape index (κ3) is 3.96. The summed E-state index contributed by atoms with van der Waals surface area (Å²) >= 11 is 0. The van der Waals surface area contributed by atoms with Crippen molar-refractivity contribution in [2.45, 2.75) is 39.7 Å². The summed E-state index contributed by atoms with van der Waals surface area (Å²) in [7, 11) is 0. The molecule has 0 saturated carbocycles. The zero-order chi connectivity index (χ0) is 13.5. The molecular formula is C14H24N2O2. The summed E-state index contributed by atoms with van der Waals surface area (Å²) in [6.45, 7) is 8.11. The third-order valence-electron chi connectivity index (χ3n) is 2.96. The van der Waals surface area contributed by atoms with E-state index in [0.29, 0.717) is 5.92 Å². The molecular weight excluding hydrogens is 228 g/mol. The minimum absolute atomic E-state index is 0.0345. The minimum Gasteiger partial charge on any atom is -0.396 e. The van der Waals surface area contributed by atoms with Gasteiger partial charge in [-0.05, 0) is 37.0 Å². The summed E-state index contributed by atoms with van der Waals surface area (Å²) < 4.78 is 0. The van der Waals surface area contributed by atoms with Gasteiger partial charge < -0.3 is 15.1 Å². The number of aromatic nitrogens is 1. The first-order valence-electron chi connectivity index (χ1n) is 6.59. The second-order valence-electron chi connectivity index (χ2n) is 4.73. The lowest BCUT2D eigenvalue weighted by Gasteiger charge is -2.23. The Morgan fingerprint density at radius 1 is 1.28 bits per heavy atom. The van der Waals surface area contributed by atoms with Gasteiger partial charge in [0.25, 0.3) is 0 Å². The predicted octanol–water partition coefficient (Wildman–Crippen LogP) is 1.91. The number of aliphatic hydroxyl groups is 2. The smallest absolute Gasteiger partial charge is 0.129 e. The fraction of sp³-hybridized carbons (Fsp3) is 0.643. The van der Waals surface area contributed by atoms with Gasteiger partial charge in [0.2, 0.25) is 0 Å². The van der Waals surface area contributed by atoms with Crippen molar-refractivity contribution in [3.63, 3.8) is 0 Å². The number of pyridine rings is 1. The molecule has 0 aliphatic rings. The van der Waals surface area contributed by atoms with Crippen molar-refractivity contribution in [3.8, 4) is 0 Å². The van der Waals surface area contributed by atoms with E-state index in [9.17, 15) is 5.11 Å². The molecule has 0 saturated heterocycles. The van der Waals surface area contributed by atoms with Gasteiger partial charge in [-0.3, -0.25) is 0 Å². The SMILES string of the molecule is CCN(CCCO)c1cc(CO)cc(C(C)C)n1. The lowest BCUT2D eigenvalue weighted by molar-refractivity contribution is 0.281. The number of hydrogen-bond donors (Lipinski definition) is 2. The van der Waals surface area contributed by atoms with Crippen LogP contribution >= 0.6 is 0 Å². The first-order valence-corrected chi connectivity index (χ1v) is 6.59. The lowest BCUT2D eigenvalue weighted by atomic mass is 10.1. The van der Waals surface area contributed by atoms with Crippen molar-refractivity contribution in [2.75, 3.05) is 24.6 Å². The van der Waals surface area contributed by atoms with E-state index in [-0.39, 0.29) is 13.2 Å². The van der Waals surface area contributed by atoms with Gasteiger partial charge in [0.15, 0.2) is 0 Å². The molecule has 4 heteroatoms. The van der Waals surface area contributed by atoms with Crippen LogP contribution in [0.15, 0.2) is 12.1 Å². The number of rotatable bonds is 7. The van der Waals surface area contributed by atoms with Crippen molar-refractivity contribution in [1.82, 2.24) is 4.98 Å². The van der Waals surface area contributed by atoms with Crippen molar-refractivity contribution in [3.05, 3.63) is 23.4 Å². The quantitative estimate of drug-likeness (QED) is 0.778. The summed E-state index contributed by atoms with van der Waals surface area (Å²) in [5, 5.41) is 18.2. The fourth-order valence-corrected chi connectivity index (χ4v) is 1.84. The van der Waals surface area contributed by atoms with Crippen LogP contribution in [-0.2, 0) is 6.61 Å². The fourth-order valence-electron chi connectivity index (χ4n) is 1.84. The molecule has 0 aliphatic carbocycles. The van der Waals surface area contributed by atoms with Gasteiger partial charge in [-0.15, -0.1) is 0 Å². The molecule has 4 nitrogen and oxygen atoms in total. The van der Waals surface area contributed by atoms with E-state index in [1.165, 1.54) is 0 Å². The second kappa shape index (κ2) is 7.34. The molecule has 18 heavy (non-hydrogen) atoms. The zero-order valence-corrected chi connectivity index (χ0v) is 11.6. The van der Waals surface area contributed by atoms with Crippen LogP contribution in [0.4, 0.5) is 5.82 Å². The first kappa shape index (κ1) is 14.9. The molecule has 102 valence electrons. The van der Waals surface area contributed by atoms with Crippen LogP contribution in [0.5, 0.6) is 0 Å². The Morgan fingerprint density at radius 2 is 2.00 bits per heavy atom. The van der Waals surface area contributed by atoms with E-state index < -0.39 is 0 Å². The van der Waals surface area contributed by atoms with E-state index in [0.717, 1.165) is 36.6 Å². The number of hydrogen-bond acceptors (Lipinski definition) is 4. The van der Waals surface area contributed by atoms with Gasteiger partial charge in [0, 0.05) is 25.4 Å². The Kier molecular flexibility index (Phi) is 6.09. The van der Waals surface area contributed by atoms with E-state index in [4.69, 9.17) is 5.11 Å². The molecule has 1 aromatic heterocycles. The molecule has 0 unspecified atom stereocenters. The van der Waals surface area contributed by atoms with Gasteiger partial charge in [0.1, 0.15) is 5.82 Å². The Hall–Kier alpha value is -1.13.